The summed E-state index contributed by atoms with van der Waals surface area (Å²) in [5.41, 5.74) is 0.721. The minimum Gasteiger partial charge on any atom is -0.492 e. The van der Waals surface area contributed by atoms with Gasteiger partial charge in [0.25, 0.3) is 0 Å². The molecule has 3 rings (SSSR count). The standard InChI is InChI=1S/C20H27N7O2.HI/c1-16(28)25-17-5-3-6-18(15-17)29-14-9-24-19(21-2)26-10-12-27(13-11-26)20-22-7-4-8-23-20;/h3-8,15H,9-14H2,1-2H3,(H,21,24)(H,25,28);1H. The molecule has 0 saturated carbocycles. The monoisotopic (exact) mass is 525 g/mol. The van der Waals surface area contributed by atoms with Gasteiger partial charge in [-0.1, -0.05) is 6.07 Å². The molecule has 10 heteroatoms. The second-order valence-corrected chi connectivity index (χ2v) is 6.55. The lowest BCUT2D eigenvalue weighted by atomic mass is 10.3. The first-order valence-electron chi connectivity index (χ1n) is 9.64. The number of hydrogen-bond donors (Lipinski definition) is 2. The second-order valence-electron chi connectivity index (χ2n) is 6.55. The van der Waals surface area contributed by atoms with Gasteiger partial charge in [0, 0.05) is 64.3 Å². The Balaban J connectivity index is 0.00000320. The Labute approximate surface area is 194 Å². The van der Waals surface area contributed by atoms with Crippen LogP contribution in [0.4, 0.5) is 11.6 Å². The van der Waals surface area contributed by atoms with E-state index in [1.165, 1.54) is 6.92 Å². The Kier molecular flexibility index (Phi) is 9.58. The summed E-state index contributed by atoms with van der Waals surface area (Å²) < 4.78 is 5.77. The van der Waals surface area contributed by atoms with Gasteiger partial charge >= 0.3 is 0 Å². The van der Waals surface area contributed by atoms with Gasteiger partial charge in [0.2, 0.25) is 11.9 Å². The highest BCUT2D eigenvalue weighted by molar-refractivity contribution is 14.0. The SMILES string of the molecule is CN=C(NCCOc1cccc(NC(C)=O)c1)N1CCN(c2ncccn2)CC1.I. The summed E-state index contributed by atoms with van der Waals surface area (Å²) in [7, 11) is 1.78. The van der Waals surface area contributed by atoms with Crippen LogP contribution in [0.3, 0.4) is 0 Å². The Bertz CT molecular complexity index is 827. The first kappa shape index (κ1) is 23.6. The van der Waals surface area contributed by atoms with Gasteiger partial charge in [0.1, 0.15) is 12.4 Å². The predicted octanol–water partition coefficient (Wildman–Crippen LogP) is 1.83. The highest BCUT2D eigenvalue weighted by Gasteiger charge is 2.20. The van der Waals surface area contributed by atoms with Crippen molar-refractivity contribution in [2.75, 3.05) is 56.6 Å². The maximum atomic E-state index is 11.2. The Morgan fingerprint density at radius 2 is 1.90 bits per heavy atom. The zero-order chi connectivity index (χ0) is 20.5. The van der Waals surface area contributed by atoms with Gasteiger partial charge in [0.05, 0.1) is 6.54 Å². The Morgan fingerprint density at radius 1 is 1.17 bits per heavy atom. The minimum absolute atomic E-state index is 0. The van der Waals surface area contributed by atoms with E-state index in [-0.39, 0.29) is 29.9 Å². The molecule has 1 aliphatic rings. The number of guanidine groups is 1. The van der Waals surface area contributed by atoms with E-state index in [0.29, 0.717) is 18.9 Å². The molecule has 1 fully saturated rings. The molecule has 1 saturated heterocycles. The molecule has 1 aromatic carbocycles. The third-order valence-corrected chi connectivity index (χ3v) is 4.43. The van der Waals surface area contributed by atoms with E-state index in [1.54, 1.807) is 25.5 Å². The molecule has 30 heavy (non-hydrogen) atoms. The maximum Gasteiger partial charge on any atom is 0.225 e. The van der Waals surface area contributed by atoms with Gasteiger partial charge in [-0.25, -0.2) is 9.97 Å². The molecule has 0 radical (unpaired) electrons. The van der Waals surface area contributed by atoms with Crippen molar-refractivity contribution in [3.05, 3.63) is 42.7 Å². The van der Waals surface area contributed by atoms with Crippen LogP contribution in [0.25, 0.3) is 0 Å². The van der Waals surface area contributed by atoms with Crippen LogP contribution in [0.15, 0.2) is 47.7 Å². The zero-order valence-corrected chi connectivity index (χ0v) is 19.6. The molecular formula is C20H28IN7O2. The van der Waals surface area contributed by atoms with Crippen molar-refractivity contribution in [3.8, 4) is 5.75 Å². The molecule has 0 spiro atoms. The lowest BCUT2D eigenvalue weighted by molar-refractivity contribution is -0.114. The third-order valence-electron chi connectivity index (χ3n) is 4.43. The van der Waals surface area contributed by atoms with Crippen molar-refractivity contribution in [1.29, 1.82) is 0 Å². The van der Waals surface area contributed by atoms with Crippen molar-refractivity contribution >= 4 is 47.5 Å². The molecule has 2 heterocycles. The molecule has 0 bridgehead atoms. The van der Waals surface area contributed by atoms with E-state index in [0.717, 1.165) is 43.8 Å². The number of aromatic nitrogens is 2. The quantitative estimate of drug-likeness (QED) is 0.257. The lowest BCUT2D eigenvalue weighted by Gasteiger charge is -2.36. The number of nitrogens with one attached hydrogen (secondary N) is 2. The fourth-order valence-electron chi connectivity index (χ4n) is 3.10. The van der Waals surface area contributed by atoms with Crippen molar-refractivity contribution in [2.24, 2.45) is 4.99 Å². The number of amides is 1. The fourth-order valence-corrected chi connectivity index (χ4v) is 3.10. The molecule has 0 unspecified atom stereocenters. The highest BCUT2D eigenvalue weighted by atomic mass is 127. The van der Waals surface area contributed by atoms with Crippen LogP contribution in [-0.4, -0.2) is 73.1 Å². The van der Waals surface area contributed by atoms with Crippen LogP contribution in [-0.2, 0) is 4.79 Å². The predicted molar refractivity (Wildman–Crippen MR) is 129 cm³/mol. The van der Waals surface area contributed by atoms with Crippen LogP contribution in [0.2, 0.25) is 0 Å². The molecule has 2 N–H and O–H groups in total. The molecule has 2 aromatic rings. The summed E-state index contributed by atoms with van der Waals surface area (Å²) in [4.78, 5) is 28.6. The number of aliphatic imine (C=N–C) groups is 1. The molecule has 162 valence electrons. The first-order valence-corrected chi connectivity index (χ1v) is 9.64. The zero-order valence-electron chi connectivity index (χ0n) is 17.2. The van der Waals surface area contributed by atoms with Gasteiger partial charge in [-0.05, 0) is 18.2 Å². The summed E-state index contributed by atoms with van der Waals surface area (Å²) in [6.45, 7) is 5.97. The van der Waals surface area contributed by atoms with Crippen molar-refractivity contribution in [1.82, 2.24) is 20.2 Å². The number of rotatable bonds is 6. The average molecular weight is 525 g/mol. The van der Waals surface area contributed by atoms with E-state index in [2.05, 4.69) is 35.4 Å². The van der Waals surface area contributed by atoms with Crippen LogP contribution in [0.5, 0.6) is 5.75 Å². The number of carbonyl (C=O) groups excluding carboxylic acids is 1. The Morgan fingerprint density at radius 3 is 2.57 bits per heavy atom. The van der Waals surface area contributed by atoms with Gasteiger partial charge in [0.15, 0.2) is 5.96 Å². The summed E-state index contributed by atoms with van der Waals surface area (Å²) in [5.74, 6) is 2.23. The first-order chi connectivity index (χ1) is 14.2. The molecular weight excluding hydrogens is 497 g/mol. The van der Waals surface area contributed by atoms with Gasteiger partial charge < -0.3 is 25.2 Å². The highest BCUT2D eigenvalue weighted by Crippen LogP contribution is 2.17. The molecule has 9 nitrogen and oxygen atoms in total. The molecule has 0 aliphatic carbocycles. The third kappa shape index (κ3) is 7.01. The molecule has 1 aromatic heterocycles. The number of nitrogens with zero attached hydrogens (tertiary/aromatic N) is 5. The van der Waals surface area contributed by atoms with E-state index in [1.807, 2.05) is 24.3 Å². The number of piperazine rings is 1. The van der Waals surface area contributed by atoms with Gasteiger partial charge in [-0.15, -0.1) is 24.0 Å². The van der Waals surface area contributed by atoms with Crippen molar-refractivity contribution in [2.45, 2.75) is 6.92 Å². The van der Waals surface area contributed by atoms with E-state index in [9.17, 15) is 4.79 Å². The summed E-state index contributed by atoms with van der Waals surface area (Å²) in [6, 6.07) is 9.17. The van der Waals surface area contributed by atoms with E-state index < -0.39 is 0 Å². The fraction of sp³-hybridized carbons (Fsp3) is 0.400. The summed E-state index contributed by atoms with van der Waals surface area (Å²) in [5, 5.41) is 6.09. The number of hydrogen-bond acceptors (Lipinski definition) is 6. The normalized spacial score (nSPS) is 14.0. The molecule has 0 atom stereocenters. The summed E-state index contributed by atoms with van der Waals surface area (Å²) >= 11 is 0. The molecule has 1 amide bonds. The summed E-state index contributed by atoms with van der Waals surface area (Å²) in [6.07, 6.45) is 3.53. The van der Waals surface area contributed by atoms with E-state index in [4.69, 9.17) is 4.74 Å². The Hall–Kier alpha value is -2.63. The number of anilines is 2. The maximum absolute atomic E-state index is 11.2. The topological polar surface area (TPSA) is 95.0 Å². The average Bonchev–Trinajstić information content (AvgIpc) is 2.74. The van der Waals surface area contributed by atoms with Crippen molar-refractivity contribution < 1.29 is 9.53 Å². The second kappa shape index (κ2) is 12.2. The largest absolute Gasteiger partial charge is 0.492 e. The van der Waals surface area contributed by atoms with Crippen molar-refractivity contribution in [3.63, 3.8) is 0 Å². The molecule has 1 aliphatic heterocycles. The van der Waals surface area contributed by atoms with Crippen LogP contribution < -0.4 is 20.3 Å². The van der Waals surface area contributed by atoms with Gasteiger partial charge in [-0.3, -0.25) is 9.79 Å². The minimum atomic E-state index is -0.105. The van der Waals surface area contributed by atoms with Gasteiger partial charge in [-0.2, -0.15) is 0 Å². The lowest BCUT2D eigenvalue weighted by Crippen LogP contribution is -2.53. The van der Waals surface area contributed by atoms with E-state index >= 15 is 0 Å². The number of ether oxygens (including phenoxy) is 1. The number of carbonyl (C=O) groups is 1. The number of benzene rings is 1. The van der Waals surface area contributed by atoms with Crippen LogP contribution in [0.1, 0.15) is 6.92 Å². The van der Waals surface area contributed by atoms with Crippen LogP contribution in [0, 0.1) is 0 Å². The van der Waals surface area contributed by atoms with Crippen LogP contribution >= 0.6 is 24.0 Å². The smallest absolute Gasteiger partial charge is 0.225 e. The number of halogens is 1.